The van der Waals surface area contributed by atoms with E-state index >= 15 is 0 Å². The van der Waals surface area contributed by atoms with Crippen LogP contribution in [-0.2, 0) is 18.9 Å². The van der Waals surface area contributed by atoms with Crippen LogP contribution in [0.2, 0.25) is 0 Å². The molecule has 0 rings (SSSR count). The van der Waals surface area contributed by atoms with E-state index in [2.05, 4.69) is 18.9 Å². The van der Waals surface area contributed by atoms with E-state index < -0.39 is 94.6 Å². The first kappa shape index (κ1) is 36.0. The first-order chi connectivity index (χ1) is 18.6. The van der Waals surface area contributed by atoms with Crippen LogP contribution in [0, 0.1) is 80.9 Å². The van der Waals surface area contributed by atoms with Crippen LogP contribution < -0.4 is 0 Å². The number of hydrogen-bond donors (Lipinski definition) is 0. The van der Waals surface area contributed by atoms with Gasteiger partial charge in [0.1, 0.15) is 65.1 Å². The number of rotatable bonds is 20. The molecular formula is C13H20N8O20. The Balaban J connectivity index is 8.48. The first-order valence-corrected chi connectivity index (χ1v) is 10.6. The topological polar surface area (TPSA) is 382 Å². The zero-order valence-corrected chi connectivity index (χ0v) is 21.1. The van der Waals surface area contributed by atoms with E-state index in [0.717, 1.165) is 0 Å². The van der Waals surface area contributed by atoms with Gasteiger partial charge in [-0.15, -0.1) is 0 Å². The lowest BCUT2D eigenvalue weighted by molar-refractivity contribution is -0.949. The Morgan fingerprint density at radius 1 is 0.366 bits per heavy atom. The van der Waals surface area contributed by atoms with Crippen molar-refractivity contribution in [2.45, 2.75) is 82.9 Å². The maximum atomic E-state index is 11.7. The maximum absolute atomic E-state index is 11.7. The molecule has 0 bridgehead atoms. The molecule has 0 saturated carbocycles. The van der Waals surface area contributed by atoms with Gasteiger partial charge >= 0.3 is 29.6 Å². The van der Waals surface area contributed by atoms with E-state index in [-0.39, 0.29) is 0 Å². The number of ether oxygens (including phenoxy) is 4. The molecule has 28 heteroatoms. The van der Waals surface area contributed by atoms with Crippen molar-refractivity contribution < 1.29 is 58.3 Å². The zero-order chi connectivity index (χ0) is 32.8. The quantitative estimate of drug-likeness (QED) is 0.101. The Kier molecular flexibility index (Phi) is 11.0. The molecule has 0 aliphatic rings. The van der Waals surface area contributed by atoms with Gasteiger partial charge in [-0.25, -0.2) is 0 Å². The smallest absolute Gasteiger partial charge is 0.256 e. The summed E-state index contributed by atoms with van der Waals surface area (Å²) in [6.45, 7) is 2.19. The van der Waals surface area contributed by atoms with E-state index in [1.165, 1.54) is 0 Å². The van der Waals surface area contributed by atoms with E-state index in [0.29, 0.717) is 27.7 Å². The van der Waals surface area contributed by atoms with Crippen LogP contribution in [0.3, 0.4) is 0 Å². The molecule has 0 N–H and O–H groups in total. The molecule has 0 atom stereocenters. The molecule has 0 aliphatic heterocycles. The molecule has 0 saturated heterocycles. The number of hydrogen-bond acceptors (Lipinski definition) is 20. The van der Waals surface area contributed by atoms with E-state index in [4.69, 9.17) is 0 Å². The van der Waals surface area contributed by atoms with Gasteiger partial charge in [0.05, 0.1) is 0 Å². The summed E-state index contributed by atoms with van der Waals surface area (Å²) in [5, 5.41) is 94.0. The van der Waals surface area contributed by atoms with Crippen LogP contribution in [0.1, 0.15) is 53.4 Å². The van der Waals surface area contributed by atoms with Crippen molar-refractivity contribution in [2.24, 2.45) is 0 Å². The van der Waals surface area contributed by atoms with Gasteiger partial charge in [0, 0.05) is 0 Å². The molecule has 0 aromatic heterocycles. The average Bonchev–Trinajstić information content (AvgIpc) is 2.86. The molecule has 232 valence electrons. The van der Waals surface area contributed by atoms with Crippen LogP contribution >= 0.6 is 0 Å². The number of nitro groups is 8. The molecule has 0 fully saturated rings. The summed E-state index contributed by atoms with van der Waals surface area (Å²) in [7, 11) is 0. The minimum Gasteiger partial charge on any atom is -0.256 e. The summed E-state index contributed by atoms with van der Waals surface area (Å²) in [5.41, 5.74) is 0. The van der Waals surface area contributed by atoms with Gasteiger partial charge in [-0.1, -0.05) is 0 Å². The van der Waals surface area contributed by atoms with Gasteiger partial charge in [-0.05, 0) is 27.7 Å². The summed E-state index contributed by atoms with van der Waals surface area (Å²) < 4.78 is 17.5. The van der Waals surface area contributed by atoms with E-state index in [9.17, 15) is 80.9 Å². The normalized spacial score (nSPS) is 12.8. The van der Waals surface area contributed by atoms with Gasteiger partial charge in [0.15, 0.2) is 0 Å². The summed E-state index contributed by atoms with van der Waals surface area (Å²) in [6, 6.07) is 0. The van der Waals surface area contributed by atoms with Crippen molar-refractivity contribution in [3.8, 4) is 0 Å². The maximum Gasteiger partial charge on any atom is 0.584 e. The molecule has 0 aromatic rings. The third kappa shape index (κ3) is 6.12. The summed E-state index contributed by atoms with van der Waals surface area (Å²) in [5.74, 6) is -17.6. The SMILES string of the molecule is CCC(OC(OC(CC)([N+](=O)[O-])[N+](=O)[O-])(OC(CC)([N+](=O)[O-])[N+](=O)[O-])OC(CC)([N+](=O)[O-])[N+](=O)[O-])([N+](=O)[O-])[N+](=O)[O-]. The highest BCUT2D eigenvalue weighted by Crippen LogP contribution is 2.41. The molecule has 0 aromatic carbocycles. The van der Waals surface area contributed by atoms with Crippen LogP contribution in [0.5, 0.6) is 0 Å². The predicted octanol–water partition coefficient (Wildman–Crippen LogP) is 0.133. The van der Waals surface area contributed by atoms with Crippen LogP contribution in [0.25, 0.3) is 0 Å². The predicted molar refractivity (Wildman–Crippen MR) is 115 cm³/mol. The fourth-order valence-electron chi connectivity index (χ4n) is 2.81. The van der Waals surface area contributed by atoms with Crippen molar-refractivity contribution >= 4 is 0 Å². The first-order valence-electron chi connectivity index (χ1n) is 10.6. The second kappa shape index (κ2) is 12.5. The Morgan fingerprint density at radius 3 is 0.561 bits per heavy atom. The van der Waals surface area contributed by atoms with Crippen LogP contribution in [0.4, 0.5) is 0 Å². The highest BCUT2D eigenvalue weighted by atomic mass is 17.1. The molecule has 0 radical (unpaired) electrons. The number of nitrogens with zero attached hydrogens (tertiary/aromatic N) is 8. The van der Waals surface area contributed by atoms with E-state index in [1.54, 1.807) is 0 Å². The zero-order valence-electron chi connectivity index (χ0n) is 21.1. The molecule has 0 heterocycles. The third-order valence-corrected chi connectivity index (χ3v) is 5.28. The van der Waals surface area contributed by atoms with Crippen molar-refractivity contribution in [1.82, 2.24) is 0 Å². The Hall–Kier alpha value is -4.96. The van der Waals surface area contributed by atoms with Crippen molar-refractivity contribution in [3.05, 3.63) is 80.9 Å². The highest BCUT2D eigenvalue weighted by molar-refractivity contribution is 4.66. The molecule has 0 spiro atoms. The van der Waals surface area contributed by atoms with Crippen molar-refractivity contribution in [3.63, 3.8) is 0 Å². The molecule has 0 aliphatic carbocycles. The fourth-order valence-corrected chi connectivity index (χ4v) is 2.81. The van der Waals surface area contributed by atoms with Crippen molar-refractivity contribution in [2.75, 3.05) is 0 Å². The second-order valence-electron chi connectivity index (χ2n) is 7.35. The minimum absolute atomic E-state index is 0.548. The molecule has 28 nitrogen and oxygen atoms in total. The fraction of sp³-hybridized carbons (Fsp3) is 1.00. The monoisotopic (exact) mass is 608 g/mol. The van der Waals surface area contributed by atoms with E-state index in [1.807, 2.05) is 0 Å². The minimum atomic E-state index is -5.24. The lowest BCUT2D eigenvalue weighted by atomic mass is 10.3. The van der Waals surface area contributed by atoms with Crippen LogP contribution in [-0.4, -0.2) is 68.9 Å². The highest BCUT2D eigenvalue weighted by Gasteiger charge is 2.79. The van der Waals surface area contributed by atoms with Crippen molar-refractivity contribution in [1.29, 1.82) is 0 Å². The largest absolute Gasteiger partial charge is 0.584 e. The summed E-state index contributed by atoms with van der Waals surface area (Å²) >= 11 is 0. The molecule has 41 heavy (non-hydrogen) atoms. The Morgan fingerprint density at radius 2 is 0.488 bits per heavy atom. The van der Waals surface area contributed by atoms with Gasteiger partial charge in [0.2, 0.25) is 0 Å². The Bertz CT molecular complexity index is 895. The Labute approximate surface area is 223 Å². The standard InChI is InChI=1S/C13H20N8O20/c1-5-9(14(22)23,15(24)25)38-13(39-10(6-2,16(26)27)17(28)29,40-11(7-3,18(30)31)19(32)33)41-12(8-4,20(34)35)21(36)37/h5-8H2,1-4H3. The van der Waals surface area contributed by atoms with Gasteiger partial charge in [-0.2, -0.15) is 18.9 Å². The van der Waals surface area contributed by atoms with Gasteiger partial charge < -0.3 is 0 Å². The second-order valence-corrected chi connectivity index (χ2v) is 7.35. The average molecular weight is 608 g/mol. The van der Waals surface area contributed by atoms with Gasteiger partial charge in [0.25, 0.3) is 0 Å². The molecular weight excluding hydrogens is 588 g/mol. The van der Waals surface area contributed by atoms with Gasteiger partial charge in [-0.3, -0.25) is 80.9 Å². The third-order valence-electron chi connectivity index (χ3n) is 5.28. The molecule has 0 unspecified atom stereocenters. The molecule has 0 amide bonds. The lowest BCUT2D eigenvalue weighted by Gasteiger charge is -2.35. The summed E-state index contributed by atoms with van der Waals surface area (Å²) in [6.07, 6.45) is -11.6. The van der Waals surface area contributed by atoms with Crippen LogP contribution in [0.15, 0.2) is 0 Å². The lowest BCUT2D eigenvalue weighted by Crippen LogP contribution is -2.69. The summed E-state index contributed by atoms with van der Waals surface area (Å²) in [4.78, 5) is 77.8.